The number of hydrogen-bond acceptors (Lipinski definition) is 6. The van der Waals surface area contributed by atoms with Gasteiger partial charge in [0, 0.05) is 19.2 Å². The summed E-state index contributed by atoms with van der Waals surface area (Å²) >= 11 is 0. The van der Waals surface area contributed by atoms with Crippen LogP contribution in [0.4, 0.5) is 11.4 Å². The van der Waals surface area contributed by atoms with E-state index in [9.17, 15) is 18.5 Å². The van der Waals surface area contributed by atoms with E-state index < -0.39 is 14.9 Å². The third kappa shape index (κ3) is 3.06. The van der Waals surface area contributed by atoms with Gasteiger partial charge in [-0.05, 0) is 37.6 Å². The Labute approximate surface area is 129 Å². The van der Waals surface area contributed by atoms with E-state index in [1.807, 2.05) is 11.8 Å². The van der Waals surface area contributed by atoms with Crippen LogP contribution in [0.15, 0.2) is 23.1 Å². The highest BCUT2D eigenvalue weighted by atomic mass is 32.2. The topological polar surface area (TPSA) is 119 Å². The van der Waals surface area contributed by atoms with E-state index in [-0.39, 0.29) is 16.0 Å². The summed E-state index contributed by atoms with van der Waals surface area (Å²) in [5.41, 5.74) is 5.89. The molecule has 1 aliphatic rings. The Morgan fingerprint density at radius 1 is 1.50 bits per heavy atom. The second-order valence-corrected chi connectivity index (χ2v) is 7.69. The maximum absolute atomic E-state index is 11.8. The molecule has 1 aliphatic heterocycles. The molecule has 8 nitrogen and oxygen atoms in total. The summed E-state index contributed by atoms with van der Waals surface area (Å²) in [5.74, 6) is 0. The number of nitrogens with one attached hydrogen (secondary N) is 1. The molecule has 0 aromatic heterocycles. The first-order valence-electron chi connectivity index (χ1n) is 6.89. The molecule has 1 unspecified atom stereocenters. The molecule has 0 amide bonds. The molecule has 0 spiro atoms. The molecule has 0 bridgehead atoms. The van der Waals surface area contributed by atoms with E-state index in [4.69, 9.17) is 5.73 Å². The second kappa shape index (κ2) is 5.82. The quantitative estimate of drug-likeness (QED) is 0.606. The second-order valence-electron chi connectivity index (χ2n) is 5.80. The van der Waals surface area contributed by atoms with Crippen LogP contribution in [0, 0.1) is 15.5 Å². The van der Waals surface area contributed by atoms with Crippen LogP contribution in [0.5, 0.6) is 0 Å². The van der Waals surface area contributed by atoms with E-state index in [0.29, 0.717) is 25.3 Å². The number of nitrogens with two attached hydrogens (primary N) is 1. The Hall–Kier alpha value is -1.71. The van der Waals surface area contributed by atoms with E-state index in [0.717, 1.165) is 12.5 Å². The lowest BCUT2D eigenvalue weighted by atomic mass is 9.90. The van der Waals surface area contributed by atoms with Crippen molar-refractivity contribution in [3.8, 4) is 0 Å². The molecule has 0 aliphatic carbocycles. The fourth-order valence-corrected chi connectivity index (χ4v) is 3.35. The average molecular weight is 328 g/mol. The molecule has 1 aromatic carbocycles. The Morgan fingerprint density at radius 3 is 2.68 bits per heavy atom. The van der Waals surface area contributed by atoms with Gasteiger partial charge in [0.2, 0.25) is 10.0 Å². The summed E-state index contributed by atoms with van der Waals surface area (Å²) in [5, 5.41) is 11.3. The average Bonchev–Trinajstić information content (AvgIpc) is 2.89. The lowest BCUT2D eigenvalue weighted by Gasteiger charge is -2.23. The third-order valence-electron chi connectivity index (χ3n) is 4.11. The summed E-state index contributed by atoms with van der Waals surface area (Å²) in [4.78, 5) is 12.5. The maximum atomic E-state index is 11.8. The van der Waals surface area contributed by atoms with Gasteiger partial charge in [0.15, 0.2) is 0 Å². The van der Waals surface area contributed by atoms with Gasteiger partial charge < -0.3 is 10.6 Å². The van der Waals surface area contributed by atoms with Crippen molar-refractivity contribution >= 4 is 21.4 Å². The Balaban J connectivity index is 2.44. The highest BCUT2D eigenvalue weighted by molar-refractivity contribution is 7.89. The molecule has 1 saturated heterocycles. The number of nitro benzene ring substituents is 1. The zero-order valence-corrected chi connectivity index (χ0v) is 13.4. The molecule has 1 heterocycles. The van der Waals surface area contributed by atoms with Crippen molar-refractivity contribution in [2.75, 3.05) is 31.6 Å². The number of sulfonamides is 1. The van der Waals surface area contributed by atoms with Crippen molar-refractivity contribution in [2.45, 2.75) is 18.2 Å². The maximum Gasteiger partial charge on any atom is 0.293 e. The summed E-state index contributed by atoms with van der Waals surface area (Å²) < 4.78 is 25.7. The lowest BCUT2D eigenvalue weighted by molar-refractivity contribution is -0.384. The van der Waals surface area contributed by atoms with Gasteiger partial charge in [0.25, 0.3) is 5.69 Å². The molecule has 1 fully saturated rings. The van der Waals surface area contributed by atoms with Gasteiger partial charge in [-0.2, -0.15) is 0 Å². The molecule has 22 heavy (non-hydrogen) atoms. The van der Waals surface area contributed by atoms with Gasteiger partial charge in [-0.25, -0.2) is 13.1 Å². The largest absolute Gasteiger partial charge is 0.365 e. The van der Waals surface area contributed by atoms with Crippen molar-refractivity contribution in [3.63, 3.8) is 0 Å². The van der Waals surface area contributed by atoms with Crippen molar-refractivity contribution in [1.82, 2.24) is 4.72 Å². The molecule has 0 saturated carbocycles. The summed E-state index contributed by atoms with van der Waals surface area (Å²) in [7, 11) is -2.45. The first-order chi connectivity index (χ1) is 10.2. The minimum atomic E-state index is -3.71. The molecule has 0 radical (unpaired) electrons. The van der Waals surface area contributed by atoms with Gasteiger partial charge >= 0.3 is 0 Å². The first-order valence-corrected chi connectivity index (χ1v) is 8.38. The van der Waals surface area contributed by atoms with Crippen LogP contribution in [0.1, 0.15) is 13.3 Å². The van der Waals surface area contributed by atoms with Crippen LogP contribution in [0.3, 0.4) is 0 Å². The van der Waals surface area contributed by atoms with Gasteiger partial charge in [-0.15, -0.1) is 0 Å². The fraction of sp³-hybridized carbons (Fsp3) is 0.538. The molecule has 9 heteroatoms. The molecular formula is C13H20N4O4S. The normalized spacial score (nSPS) is 22.0. The molecular weight excluding hydrogens is 308 g/mol. The predicted octanol–water partition coefficient (Wildman–Crippen LogP) is 0.678. The number of hydrogen-bond donors (Lipinski definition) is 2. The molecule has 1 atom stereocenters. The van der Waals surface area contributed by atoms with Crippen molar-refractivity contribution in [2.24, 2.45) is 11.1 Å². The van der Waals surface area contributed by atoms with Crippen LogP contribution in [-0.2, 0) is 10.0 Å². The predicted molar refractivity (Wildman–Crippen MR) is 83.3 cm³/mol. The van der Waals surface area contributed by atoms with Crippen molar-refractivity contribution < 1.29 is 13.3 Å². The summed E-state index contributed by atoms with van der Waals surface area (Å²) in [6.07, 6.45) is 0.844. The smallest absolute Gasteiger partial charge is 0.293 e. The number of nitrogens with zero attached hydrogens (tertiary/aromatic N) is 2. The number of nitro groups is 1. The van der Waals surface area contributed by atoms with E-state index in [1.54, 1.807) is 0 Å². The molecule has 122 valence electrons. The minimum Gasteiger partial charge on any atom is -0.365 e. The zero-order chi connectivity index (χ0) is 16.5. The van der Waals surface area contributed by atoms with E-state index >= 15 is 0 Å². The van der Waals surface area contributed by atoms with Crippen molar-refractivity contribution in [3.05, 3.63) is 28.3 Å². The van der Waals surface area contributed by atoms with Crippen molar-refractivity contribution in [1.29, 1.82) is 0 Å². The highest BCUT2D eigenvalue weighted by Gasteiger charge is 2.35. The first kappa shape index (κ1) is 16.7. The molecule has 2 rings (SSSR count). The summed E-state index contributed by atoms with van der Waals surface area (Å²) in [6, 6.07) is 3.97. The van der Waals surface area contributed by atoms with Gasteiger partial charge in [0.1, 0.15) is 5.69 Å². The standard InChI is InChI=1S/C13H20N4O4S/c1-13(8-14)5-6-16(9-13)11-4-3-10(22(20,21)15-2)7-12(11)17(18)19/h3-4,7,15H,5-6,8-9,14H2,1-2H3. The fourth-order valence-electron chi connectivity index (χ4n) is 2.60. The minimum absolute atomic E-state index is 0.0798. The molecule has 1 aromatic rings. The van der Waals surface area contributed by atoms with Gasteiger partial charge in [-0.1, -0.05) is 6.92 Å². The number of anilines is 1. The number of benzene rings is 1. The van der Waals surface area contributed by atoms with Gasteiger partial charge in [-0.3, -0.25) is 10.1 Å². The Bertz CT molecular complexity index is 691. The Kier molecular flexibility index (Phi) is 4.41. The van der Waals surface area contributed by atoms with E-state index in [1.165, 1.54) is 19.2 Å². The van der Waals surface area contributed by atoms with Gasteiger partial charge in [0.05, 0.1) is 9.82 Å². The summed E-state index contributed by atoms with van der Waals surface area (Å²) in [6.45, 7) is 3.82. The zero-order valence-electron chi connectivity index (χ0n) is 12.6. The molecule has 3 N–H and O–H groups in total. The highest BCUT2D eigenvalue weighted by Crippen LogP contribution is 2.37. The monoisotopic (exact) mass is 328 g/mol. The third-order valence-corrected chi connectivity index (χ3v) is 5.53. The van der Waals surface area contributed by atoms with Crippen LogP contribution < -0.4 is 15.4 Å². The van der Waals surface area contributed by atoms with Crippen LogP contribution >= 0.6 is 0 Å². The Morgan fingerprint density at radius 2 is 2.18 bits per heavy atom. The van der Waals surface area contributed by atoms with Crippen LogP contribution in [-0.4, -0.2) is 40.0 Å². The van der Waals surface area contributed by atoms with Crippen LogP contribution in [0.2, 0.25) is 0 Å². The van der Waals surface area contributed by atoms with Crippen LogP contribution in [0.25, 0.3) is 0 Å². The number of rotatable bonds is 5. The SMILES string of the molecule is CNS(=O)(=O)c1ccc(N2CCC(C)(CN)C2)c([N+](=O)[O-])c1. The van der Waals surface area contributed by atoms with E-state index in [2.05, 4.69) is 4.72 Å². The lowest BCUT2D eigenvalue weighted by Crippen LogP contribution is -2.31.